The zero-order chi connectivity index (χ0) is 19.6. The number of alkyl halides is 3. The molecule has 27 heavy (non-hydrogen) atoms. The molecule has 0 saturated carbocycles. The van der Waals surface area contributed by atoms with Crippen molar-refractivity contribution in [3.05, 3.63) is 70.8 Å². The molecular weight excluding hydrogens is 367 g/mol. The first-order valence-electron chi connectivity index (χ1n) is 8.37. The topological polar surface area (TPSA) is 23.6 Å². The second-order valence-corrected chi connectivity index (χ2v) is 6.36. The zero-order valence-electron chi connectivity index (χ0n) is 14.3. The minimum Gasteiger partial charge on any atom is -0.336 e. The third-order valence-electron chi connectivity index (χ3n) is 4.52. The Morgan fingerprint density at radius 2 is 1.63 bits per heavy atom. The highest BCUT2D eigenvalue weighted by molar-refractivity contribution is 5.94. The highest BCUT2D eigenvalue weighted by atomic mass is 19.4. The standard InChI is InChI=1S/C19H17F5N2O/c20-16-6-2-4-14(17(16)21)12-25-7-9-26(10-8-25)18(27)13-3-1-5-15(11-13)19(22,23)24/h1-6,11H,7-10,12H2. The molecular formula is C19H17F5N2O. The van der Waals surface area contributed by atoms with Crippen LogP contribution in [-0.2, 0) is 12.7 Å². The Hall–Kier alpha value is -2.48. The zero-order valence-corrected chi connectivity index (χ0v) is 14.3. The molecule has 0 N–H and O–H groups in total. The largest absolute Gasteiger partial charge is 0.416 e. The minimum absolute atomic E-state index is 0.0190. The monoisotopic (exact) mass is 384 g/mol. The van der Waals surface area contributed by atoms with Crippen LogP contribution in [0.5, 0.6) is 0 Å². The fraction of sp³-hybridized carbons (Fsp3) is 0.316. The molecule has 0 aliphatic carbocycles. The van der Waals surface area contributed by atoms with Crippen molar-refractivity contribution in [1.29, 1.82) is 0 Å². The van der Waals surface area contributed by atoms with E-state index in [0.717, 1.165) is 18.2 Å². The summed E-state index contributed by atoms with van der Waals surface area (Å²) >= 11 is 0. The highest BCUT2D eigenvalue weighted by Gasteiger charge is 2.31. The van der Waals surface area contributed by atoms with E-state index in [0.29, 0.717) is 26.2 Å². The first kappa shape index (κ1) is 19.3. The summed E-state index contributed by atoms with van der Waals surface area (Å²) < 4.78 is 65.4. The number of hydrogen-bond donors (Lipinski definition) is 0. The van der Waals surface area contributed by atoms with Gasteiger partial charge in [0.25, 0.3) is 5.91 Å². The van der Waals surface area contributed by atoms with Crippen molar-refractivity contribution in [1.82, 2.24) is 9.80 Å². The summed E-state index contributed by atoms with van der Waals surface area (Å²) in [5, 5.41) is 0. The van der Waals surface area contributed by atoms with Crippen molar-refractivity contribution in [2.75, 3.05) is 26.2 Å². The Morgan fingerprint density at radius 1 is 0.963 bits per heavy atom. The van der Waals surface area contributed by atoms with Crippen molar-refractivity contribution in [3.8, 4) is 0 Å². The van der Waals surface area contributed by atoms with E-state index in [1.54, 1.807) is 0 Å². The Labute approximate surface area is 153 Å². The summed E-state index contributed by atoms with van der Waals surface area (Å²) in [5.74, 6) is -2.27. The van der Waals surface area contributed by atoms with E-state index in [4.69, 9.17) is 0 Å². The van der Waals surface area contributed by atoms with Gasteiger partial charge in [-0.25, -0.2) is 8.78 Å². The lowest BCUT2D eigenvalue weighted by Crippen LogP contribution is -2.48. The van der Waals surface area contributed by atoms with Crippen LogP contribution in [0.25, 0.3) is 0 Å². The van der Waals surface area contributed by atoms with Crippen LogP contribution >= 0.6 is 0 Å². The van der Waals surface area contributed by atoms with E-state index in [2.05, 4.69) is 0 Å². The number of benzene rings is 2. The third kappa shape index (κ3) is 4.44. The summed E-state index contributed by atoms with van der Waals surface area (Å²) in [5.41, 5.74) is -0.657. The van der Waals surface area contributed by atoms with Gasteiger partial charge in [0.1, 0.15) is 0 Å². The quantitative estimate of drug-likeness (QED) is 0.749. The van der Waals surface area contributed by atoms with Gasteiger partial charge in [-0.1, -0.05) is 18.2 Å². The Balaban J connectivity index is 1.62. The first-order chi connectivity index (χ1) is 12.8. The molecule has 144 valence electrons. The van der Waals surface area contributed by atoms with E-state index in [1.807, 2.05) is 4.90 Å². The maximum Gasteiger partial charge on any atom is 0.416 e. The van der Waals surface area contributed by atoms with Gasteiger partial charge in [0.15, 0.2) is 11.6 Å². The predicted molar refractivity (Wildman–Crippen MR) is 89.0 cm³/mol. The van der Waals surface area contributed by atoms with Crippen LogP contribution in [0.1, 0.15) is 21.5 Å². The van der Waals surface area contributed by atoms with Gasteiger partial charge in [0.05, 0.1) is 5.56 Å². The van der Waals surface area contributed by atoms with E-state index in [1.165, 1.54) is 29.2 Å². The summed E-state index contributed by atoms with van der Waals surface area (Å²) in [6, 6.07) is 8.30. The van der Waals surface area contributed by atoms with Crippen molar-refractivity contribution in [2.24, 2.45) is 0 Å². The number of amides is 1. The van der Waals surface area contributed by atoms with Gasteiger partial charge < -0.3 is 4.90 Å². The van der Waals surface area contributed by atoms with Crippen molar-refractivity contribution >= 4 is 5.91 Å². The van der Waals surface area contributed by atoms with Crippen LogP contribution < -0.4 is 0 Å². The summed E-state index contributed by atoms with van der Waals surface area (Å²) in [6.45, 7) is 1.63. The molecule has 3 rings (SSSR count). The molecule has 1 aliphatic rings. The number of nitrogens with zero attached hydrogens (tertiary/aromatic N) is 2. The number of rotatable bonds is 3. The lowest BCUT2D eigenvalue weighted by Gasteiger charge is -2.35. The van der Waals surface area contributed by atoms with E-state index >= 15 is 0 Å². The molecule has 0 bridgehead atoms. The second kappa shape index (κ2) is 7.64. The van der Waals surface area contributed by atoms with Crippen molar-refractivity contribution < 1.29 is 26.7 Å². The molecule has 3 nitrogen and oxygen atoms in total. The maximum atomic E-state index is 13.8. The number of piperazine rings is 1. The Bertz CT molecular complexity index is 829. The number of carbonyl (C=O) groups excluding carboxylic acids is 1. The van der Waals surface area contributed by atoms with Gasteiger partial charge >= 0.3 is 6.18 Å². The number of carbonyl (C=O) groups is 1. The van der Waals surface area contributed by atoms with Crippen LogP contribution in [0.4, 0.5) is 22.0 Å². The molecule has 0 unspecified atom stereocenters. The molecule has 0 atom stereocenters. The highest BCUT2D eigenvalue weighted by Crippen LogP contribution is 2.29. The average molecular weight is 384 g/mol. The molecule has 1 fully saturated rings. The molecule has 1 heterocycles. The van der Waals surface area contributed by atoms with Gasteiger partial charge in [0, 0.05) is 43.9 Å². The minimum atomic E-state index is -4.51. The van der Waals surface area contributed by atoms with Gasteiger partial charge in [-0.05, 0) is 24.3 Å². The molecule has 1 aliphatic heterocycles. The van der Waals surface area contributed by atoms with Gasteiger partial charge in [-0.15, -0.1) is 0 Å². The molecule has 1 saturated heterocycles. The molecule has 8 heteroatoms. The molecule has 0 spiro atoms. The molecule has 0 radical (unpaired) electrons. The van der Waals surface area contributed by atoms with Crippen LogP contribution in [0, 0.1) is 11.6 Å². The lowest BCUT2D eigenvalue weighted by atomic mass is 10.1. The number of hydrogen-bond acceptors (Lipinski definition) is 2. The lowest BCUT2D eigenvalue weighted by molar-refractivity contribution is -0.137. The molecule has 0 aromatic heterocycles. The third-order valence-corrected chi connectivity index (χ3v) is 4.52. The van der Waals surface area contributed by atoms with E-state index in [-0.39, 0.29) is 17.7 Å². The predicted octanol–water partition coefficient (Wildman–Crippen LogP) is 3.94. The van der Waals surface area contributed by atoms with Crippen LogP contribution in [0.3, 0.4) is 0 Å². The van der Waals surface area contributed by atoms with Crippen LogP contribution in [0.15, 0.2) is 42.5 Å². The summed E-state index contributed by atoms with van der Waals surface area (Å²) in [6.07, 6.45) is -4.51. The first-order valence-corrected chi connectivity index (χ1v) is 8.37. The van der Waals surface area contributed by atoms with Gasteiger partial charge in [-0.3, -0.25) is 9.69 Å². The van der Waals surface area contributed by atoms with Crippen molar-refractivity contribution in [3.63, 3.8) is 0 Å². The van der Waals surface area contributed by atoms with Gasteiger partial charge in [-0.2, -0.15) is 13.2 Å². The normalized spacial score (nSPS) is 15.8. The Morgan fingerprint density at radius 3 is 2.30 bits per heavy atom. The van der Waals surface area contributed by atoms with Crippen molar-refractivity contribution in [2.45, 2.75) is 12.7 Å². The van der Waals surface area contributed by atoms with Crippen LogP contribution in [-0.4, -0.2) is 41.9 Å². The number of halogens is 5. The summed E-state index contributed by atoms with van der Waals surface area (Å²) in [4.78, 5) is 15.8. The second-order valence-electron chi connectivity index (χ2n) is 6.36. The molecule has 2 aromatic rings. The fourth-order valence-electron chi connectivity index (χ4n) is 3.03. The fourth-order valence-corrected chi connectivity index (χ4v) is 3.03. The van der Waals surface area contributed by atoms with Gasteiger partial charge in [0.2, 0.25) is 0 Å². The summed E-state index contributed by atoms with van der Waals surface area (Å²) in [7, 11) is 0. The smallest absolute Gasteiger partial charge is 0.336 e. The average Bonchev–Trinajstić information content (AvgIpc) is 2.65. The Kier molecular flexibility index (Phi) is 5.46. The molecule has 2 aromatic carbocycles. The van der Waals surface area contributed by atoms with Crippen LogP contribution in [0.2, 0.25) is 0 Å². The maximum absolute atomic E-state index is 13.8. The molecule has 1 amide bonds. The van der Waals surface area contributed by atoms with E-state index in [9.17, 15) is 26.7 Å². The SMILES string of the molecule is O=C(c1cccc(C(F)(F)F)c1)N1CCN(Cc2cccc(F)c2F)CC1. The van der Waals surface area contributed by atoms with E-state index < -0.39 is 29.3 Å².